The van der Waals surface area contributed by atoms with Crippen molar-refractivity contribution in [3.63, 3.8) is 0 Å². The number of fused-ring (bicyclic) bond motifs is 1. The average molecular weight is 441 g/mol. The van der Waals surface area contributed by atoms with E-state index in [-0.39, 0.29) is 5.78 Å². The number of ether oxygens (including phenoxy) is 3. The van der Waals surface area contributed by atoms with Crippen molar-refractivity contribution in [3.8, 4) is 17.2 Å². The van der Waals surface area contributed by atoms with E-state index in [0.29, 0.717) is 28.6 Å². The first-order chi connectivity index (χ1) is 16.1. The first kappa shape index (κ1) is 21.8. The van der Waals surface area contributed by atoms with Crippen LogP contribution >= 0.6 is 0 Å². The summed E-state index contributed by atoms with van der Waals surface area (Å²) >= 11 is 0. The Morgan fingerprint density at radius 3 is 2.24 bits per heavy atom. The number of ketones is 1. The molecule has 4 rings (SSSR count). The molecule has 1 heterocycles. The number of nitrogens with zero attached hydrogens (tertiary/aromatic N) is 2. The molecule has 1 aromatic heterocycles. The molecular weight excluding hydrogens is 418 g/mol. The molecule has 0 aliphatic heterocycles. The zero-order chi connectivity index (χ0) is 23.2. The maximum absolute atomic E-state index is 12.7. The maximum atomic E-state index is 12.7. The Kier molecular flexibility index (Phi) is 6.50. The molecule has 0 unspecified atom stereocenters. The van der Waals surface area contributed by atoms with Crippen LogP contribution in [0, 0.1) is 0 Å². The van der Waals surface area contributed by atoms with Crippen molar-refractivity contribution >= 4 is 34.3 Å². The van der Waals surface area contributed by atoms with Gasteiger partial charge in [0.25, 0.3) is 0 Å². The Bertz CT molecular complexity index is 1290. The number of carbonyl (C=O) groups excluding carboxylic acids is 1. The number of carbonyl (C=O) groups is 1. The van der Waals surface area contributed by atoms with Crippen molar-refractivity contribution < 1.29 is 19.0 Å². The maximum Gasteiger partial charge on any atom is 0.203 e. The van der Waals surface area contributed by atoms with Crippen molar-refractivity contribution in [2.75, 3.05) is 26.6 Å². The number of benzene rings is 3. The van der Waals surface area contributed by atoms with E-state index in [0.717, 1.165) is 22.2 Å². The Morgan fingerprint density at radius 1 is 0.879 bits per heavy atom. The second kappa shape index (κ2) is 9.82. The average Bonchev–Trinajstić information content (AvgIpc) is 2.87. The van der Waals surface area contributed by atoms with Crippen LogP contribution in [0.5, 0.6) is 17.2 Å². The van der Waals surface area contributed by atoms with Gasteiger partial charge in [-0.05, 0) is 60.2 Å². The van der Waals surface area contributed by atoms with Gasteiger partial charge in [0.2, 0.25) is 5.75 Å². The molecule has 166 valence electrons. The highest BCUT2D eigenvalue weighted by molar-refractivity contribution is 6.07. The number of methoxy groups -OCH3 is 3. The third-order valence-corrected chi connectivity index (χ3v) is 5.09. The van der Waals surface area contributed by atoms with Crippen molar-refractivity contribution in [1.82, 2.24) is 9.97 Å². The van der Waals surface area contributed by atoms with Gasteiger partial charge in [-0.3, -0.25) is 4.79 Å². The van der Waals surface area contributed by atoms with Gasteiger partial charge >= 0.3 is 0 Å². The fourth-order valence-corrected chi connectivity index (χ4v) is 3.42. The predicted molar refractivity (Wildman–Crippen MR) is 129 cm³/mol. The van der Waals surface area contributed by atoms with E-state index in [9.17, 15) is 4.79 Å². The summed E-state index contributed by atoms with van der Waals surface area (Å²) in [6, 6.07) is 18.6. The van der Waals surface area contributed by atoms with E-state index in [1.165, 1.54) is 12.4 Å². The highest BCUT2D eigenvalue weighted by Crippen LogP contribution is 2.38. The van der Waals surface area contributed by atoms with Gasteiger partial charge in [-0.15, -0.1) is 0 Å². The number of anilines is 2. The molecule has 0 bridgehead atoms. The summed E-state index contributed by atoms with van der Waals surface area (Å²) in [5, 5.41) is 4.21. The van der Waals surface area contributed by atoms with Crippen LogP contribution in [-0.4, -0.2) is 37.1 Å². The molecule has 4 aromatic rings. The standard InChI is InChI=1S/C26H23N3O4/c1-31-23-14-17(15-24(32-2)25(23)33-3)8-13-22(30)18-9-11-19(12-10-18)29-26-20-6-4-5-7-21(20)27-16-28-26/h4-16H,1-3H3,(H,27,28,29)/b13-8+. The Labute approximate surface area is 191 Å². The van der Waals surface area contributed by atoms with Crippen molar-refractivity contribution in [3.05, 3.63) is 84.2 Å². The molecule has 0 spiro atoms. The van der Waals surface area contributed by atoms with Gasteiger partial charge in [-0.1, -0.05) is 18.2 Å². The summed E-state index contributed by atoms with van der Waals surface area (Å²) in [4.78, 5) is 21.3. The molecule has 0 radical (unpaired) electrons. The molecule has 0 fully saturated rings. The van der Waals surface area contributed by atoms with Crippen LogP contribution in [-0.2, 0) is 0 Å². The van der Waals surface area contributed by atoms with Crippen LogP contribution in [0.3, 0.4) is 0 Å². The second-order valence-electron chi connectivity index (χ2n) is 7.10. The topological polar surface area (TPSA) is 82.6 Å². The smallest absolute Gasteiger partial charge is 0.203 e. The molecule has 0 atom stereocenters. The van der Waals surface area contributed by atoms with Crippen LogP contribution in [0.4, 0.5) is 11.5 Å². The zero-order valence-electron chi connectivity index (χ0n) is 18.5. The third-order valence-electron chi connectivity index (χ3n) is 5.09. The molecule has 0 saturated heterocycles. The second-order valence-corrected chi connectivity index (χ2v) is 7.10. The molecule has 7 heteroatoms. The largest absolute Gasteiger partial charge is 0.493 e. The minimum absolute atomic E-state index is 0.122. The number of rotatable bonds is 8. The van der Waals surface area contributed by atoms with Gasteiger partial charge in [0.05, 0.1) is 26.8 Å². The van der Waals surface area contributed by atoms with Crippen LogP contribution in [0.2, 0.25) is 0 Å². The molecule has 0 saturated carbocycles. The fourth-order valence-electron chi connectivity index (χ4n) is 3.42. The van der Waals surface area contributed by atoms with E-state index in [1.807, 2.05) is 36.4 Å². The van der Waals surface area contributed by atoms with Crippen molar-refractivity contribution in [2.45, 2.75) is 0 Å². The number of nitrogens with one attached hydrogen (secondary N) is 1. The van der Waals surface area contributed by atoms with Gasteiger partial charge in [0.1, 0.15) is 12.1 Å². The number of allylic oxidation sites excluding steroid dienone is 1. The lowest BCUT2D eigenvalue weighted by molar-refractivity contribution is 0.104. The van der Waals surface area contributed by atoms with E-state index in [4.69, 9.17) is 14.2 Å². The highest BCUT2D eigenvalue weighted by Gasteiger charge is 2.12. The highest BCUT2D eigenvalue weighted by atomic mass is 16.5. The van der Waals surface area contributed by atoms with E-state index >= 15 is 0 Å². The first-order valence-electron chi connectivity index (χ1n) is 10.2. The summed E-state index contributed by atoms with van der Waals surface area (Å²) in [6.45, 7) is 0. The Hall–Kier alpha value is -4.39. The molecule has 0 amide bonds. The number of para-hydroxylation sites is 1. The molecule has 0 aliphatic carbocycles. The first-order valence-corrected chi connectivity index (χ1v) is 10.2. The van der Waals surface area contributed by atoms with Crippen LogP contribution in [0.15, 0.2) is 73.1 Å². The van der Waals surface area contributed by atoms with E-state index < -0.39 is 0 Å². The zero-order valence-corrected chi connectivity index (χ0v) is 18.5. The number of hydrogen-bond acceptors (Lipinski definition) is 7. The quantitative estimate of drug-likeness (QED) is 0.294. The molecule has 33 heavy (non-hydrogen) atoms. The lowest BCUT2D eigenvalue weighted by Gasteiger charge is -2.12. The normalized spacial score (nSPS) is 10.9. The third kappa shape index (κ3) is 4.77. The molecule has 1 N–H and O–H groups in total. The van der Waals surface area contributed by atoms with E-state index in [1.54, 1.807) is 51.7 Å². The summed E-state index contributed by atoms with van der Waals surface area (Å²) in [5.74, 6) is 2.14. The Morgan fingerprint density at radius 2 is 1.58 bits per heavy atom. The fraction of sp³-hybridized carbons (Fsp3) is 0.115. The van der Waals surface area contributed by atoms with Gasteiger partial charge in [-0.2, -0.15) is 0 Å². The summed E-state index contributed by atoms with van der Waals surface area (Å²) in [7, 11) is 4.65. The Balaban J connectivity index is 1.50. The lowest BCUT2D eigenvalue weighted by atomic mass is 10.1. The molecule has 3 aromatic carbocycles. The van der Waals surface area contributed by atoms with Gasteiger partial charge in [0.15, 0.2) is 17.3 Å². The summed E-state index contributed by atoms with van der Waals surface area (Å²) < 4.78 is 16.1. The monoisotopic (exact) mass is 441 g/mol. The van der Waals surface area contributed by atoms with Crippen molar-refractivity contribution in [2.24, 2.45) is 0 Å². The van der Waals surface area contributed by atoms with Crippen molar-refractivity contribution in [1.29, 1.82) is 0 Å². The van der Waals surface area contributed by atoms with Gasteiger partial charge in [-0.25, -0.2) is 9.97 Å². The van der Waals surface area contributed by atoms with Crippen LogP contribution in [0.25, 0.3) is 17.0 Å². The minimum atomic E-state index is -0.122. The summed E-state index contributed by atoms with van der Waals surface area (Å²) in [6.07, 6.45) is 4.75. The number of aromatic nitrogens is 2. The minimum Gasteiger partial charge on any atom is -0.493 e. The van der Waals surface area contributed by atoms with E-state index in [2.05, 4.69) is 15.3 Å². The predicted octanol–water partition coefficient (Wildman–Crippen LogP) is 5.30. The molecular formula is C26H23N3O4. The van der Waals surface area contributed by atoms with Crippen LogP contribution in [0.1, 0.15) is 15.9 Å². The lowest BCUT2D eigenvalue weighted by Crippen LogP contribution is -1.98. The van der Waals surface area contributed by atoms with Gasteiger partial charge in [0, 0.05) is 16.6 Å². The van der Waals surface area contributed by atoms with Gasteiger partial charge < -0.3 is 19.5 Å². The summed E-state index contributed by atoms with van der Waals surface area (Å²) in [5.41, 5.74) is 3.01. The SMILES string of the molecule is COc1cc(/C=C/C(=O)c2ccc(Nc3ncnc4ccccc34)cc2)cc(OC)c1OC. The number of hydrogen-bond donors (Lipinski definition) is 1. The molecule has 7 nitrogen and oxygen atoms in total. The van der Waals surface area contributed by atoms with Crippen LogP contribution < -0.4 is 19.5 Å². The molecule has 0 aliphatic rings.